The van der Waals surface area contributed by atoms with E-state index < -0.39 is 0 Å². The van der Waals surface area contributed by atoms with Crippen molar-refractivity contribution in [1.29, 1.82) is 0 Å². The zero-order chi connectivity index (χ0) is 11.1. The molecule has 0 N–H and O–H groups in total. The Balaban J connectivity index is 2.54. The summed E-state index contributed by atoms with van der Waals surface area (Å²) >= 11 is 3.48. The van der Waals surface area contributed by atoms with Gasteiger partial charge in [0.15, 0.2) is 0 Å². The van der Waals surface area contributed by atoms with Crippen LogP contribution in [0.25, 0.3) is 21.7 Å². The fourth-order valence-corrected chi connectivity index (χ4v) is 2.30. The molecule has 2 aromatic carbocycles. The largest absolute Gasteiger partial charge is 0.423 e. The topological polar surface area (TPSA) is 30.2 Å². The molecule has 0 atom stereocenters. The summed E-state index contributed by atoms with van der Waals surface area (Å²) in [5.41, 5.74) is 0.297. The summed E-state index contributed by atoms with van der Waals surface area (Å²) in [5, 5.41) is 3.10. The van der Waals surface area contributed by atoms with Crippen LogP contribution < -0.4 is 5.63 Å². The highest BCUT2D eigenvalue weighted by Crippen LogP contribution is 2.27. The van der Waals surface area contributed by atoms with E-state index in [0.717, 1.165) is 20.6 Å². The average molecular weight is 275 g/mol. The van der Waals surface area contributed by atoms with E-state index in [1.54, 1.807) is 6.07 Å². The van der Waals surface area contributed by atoms with Gasteiger partial charge < -0.3 is 4.42 Å². The summed E-state index contributed by atoms with van der Waals surface area (Å²) in [6, 6.07) is 13.1. The fraction of sp³-hybridized carbons (Fsp3) is 0. The molecule has 1 aromatic heterocycles. The highest BCUT2D eigenvalue weighted by atomic mass is 79.9. The highest BCUT2D eigenvalue weighted by molar-refractivity contribution is 9.10. The van der Waals surface area contributed by atoms with Gasteiger partial charge in [-0.25, -0.2) is 4.79 Å². The molecule has 0 fully saturated rings. The highest BCUT2D eigenvalue weighted by Gasteiger charge is 2.02. The molecule has 0 amide bonds. The second-order valence-electron chi connectivity index (χ2n) is 3.61. The van der Waals surface area contributed by atoms with Crippen molar-refractivity contribution in [3.8, 4) is 0 Å². The van der Waals surface area contributed by atoms with Crippen LogP contribution in [-0.4, -0.2) is 0 Å². The molecule has 0 aliphatic heterocycles. The van der Waals surface area contributed by atoms with E-state index in [-0.39, 0.29) is 5.63 Å². The van der Waals surface area contributed by atoms with Crippen LogP contribution in [0.15, 0.2) is 56.1 Å². The van der Waals surface area contributed by atoms with Crippen LogP contribution in [-0.2, 0) is 0 Å². The molecule has 3 heteroatoms. The maximum atomic E-state index is 11.1. The third-order valence-corrected chi connectivity index (χ3v) is 3.26. The molecular formula is C13H7BrO2. The standard InChI is InChI=1S/C13H7BrO2/c14-11-3-1-2-8-6-9-4-5-13(15)16-12(9)7-10(8)11/h1-7H. The molecule has 0 bridgehead atoms. The van der Waals surface area contributed by atoms with Crippen molar-refractivity contribution < 1.29 is 4.42 Å². The summed E-state index contributed by atoms with van der Waals surface area (Å²) in [6.45, 7) is 0. The summed E-state index contributed by atoms with van der Waals surface area (Å²) in [4.78, 5) is 11.1. The van der Waals surface area contributed by atoms with Gasteiger partial charge in [0.25, 0.3) is 0 Å². The first-order valence-corrected chi connectivity index (χ1v) is 5.65. The van der Waals surface area contributed by atoms with Crippen LogP contribution >= 0.6 is 15.9 Å². The van der Waals surface area contributed by atoms with Gasteiger partial charge in [-0.2, -0.15) is 0 Å². The van der Waals surface area contributed by atoms with E-state index in [1.807, 2.05) is 30.3 Å². The van der Waals surface area contributed by atoms with E-state index in [0.29, 0.717) is 5.58 Å². The van der Waals surface area contributed by atoms with E-state index in [4.69, 9.17) is 4.42 Å². The number of hydrogen-bond acceptors (Lipinski definition) is 2. The third-order valence-electron chi connectivity index (χ3n) is 2.57. The first-order chi connectivity index (χ1) is 7.74. The summed E-state index contributed by atoms with van der Waals surface area (Å²) in [6.07, 6.45) is 0. The van der Waals surface area contributed by atoms with Gasteiger partial charge in [-0.05, 0) is 35.0 Å². The van der Waals surface area contributed by atoms with Crippen molar-refractivity contribution in [2.24, 2.45) is 0 Å². The normalized spacial score (nSPS) is 11.1. The molecule has 0 unspecified atom stereocenters. The lowest BCUT2D eigenvalue weighted by Crippen LogP contribution is -1.94. The smallest absolute Gasteiger partial charge is 0.336 e. The molecule has 16 heavy (non-hydrogen) atoms. The van der Waals surface area contributed by atoms with Crippen molar-refractivity contribution in [2.45, 2.75) is 0 Å². The summed E-state index contributed by atoms with van der Waals surface area (Å²) in [7, 11) is 0. The predicted octanol–water partition coefficient (Wildman–Crippen LogP) is 3.71. The zero-order valence-corrected chi connectivity index (χ0v) is 9.82. The minimum atomic E-state index is -0.320. The quantitative estimate of drug-likeness (QED) is 0.462. The Morgan fingerprint density at radius 2 is 1.88 bits per heavy atom. The SMILES string of the molecule is O=c1ccc2cc3cccc(Br)c3cc2o1. The third kappa shape index (κ3) is 1.44. The fourth-order valence-electron chi connectivity index (χ4n) is 1.80. The minimum absolute atomic E-state index is 0.320. The van der Waals surface area contributed by atoms with Gasteiger partial charge in [-0.15, -0.1) is 0 Å². The Bertz CT molecular complexity index is 744. The number of rotatable bonds is 0. The van der Waals surface area contributed by atoms with Gasteiger partial charge in [0.2, 0.25) is 0 Å². The Kier molecular flexibility index (Phi) is 2.07. The van der Waals surface area contributed by atoms with Crippen molar-refractivity contribution in [3.63, 3.8) is 0 Å². The number of benzene rings is 2. The summed E-state index contributed by atoms with van der Waals surface area (Å²) < 4.78 is 6.15. The lowest BCUT2D eigenvalue weighted by Gasteiger charge is -2.02. The van der Waals surface area contributed by atoms with E-state index in [1.165, 1.54) is 6.07 Å². The lowest BCUT2D eigenvalue weighted by molar-refractivity contribution is 0.561. The Hall–Kier alpha value is -1.61. The van der Waals surface area contributed by atoms with Gasteiger partial charge in [-0.3, -0.25) is 0 Å². The van der Waals surface area contributed by atoms with E-state index in [9.17, 15) is 4.79 Å². The molecule has 2 nitrogen and oxygen atoms in total. The molecule has 0 aliphatic rings. The van der Waals surface area contributed by atoms with Crippen LogP contribution in [0.2, 0.25) is 0 Å². The second-order valence-corrected chi connectivity index (χ2v) is 4.46. The van der Waals surface area contributed by atoms with Gasteiger partial charge in [0.1, 0.15) is 5.58 Å². The molecule has 1 heterocycles. The molecule has 0 spiro atoms. The van der Waals surface area contributed by atoms with Crippen LogP contribution in [0.4, 0.5) is 0 Å². The Morgan fingerprint density at radius 1 is 1.00 bits per heavy atom. The van der Waals surface area contributed by atoms with Crippen LogP contribution in [0.1, 0.15) is 0 Å². The molecule has 0 aliphatic carbocycles. The predicted molar refractivity (Wildman–Crippen MR) is 67.7 cm³/mol. The van der Waals surface area contributed by atoms with Crippen LogP contribution in [0.5, 0.6) is 0 Å². The van der Waals surface area contributed by atoms with Gasteiger partial charge >= 0.3 is 5.63 Å². The molecule has 0 saturated heterocycles. The molecule has 0 radical (unpaired) electrons. The van der Waals surface area contributed by atoms with E-state index >= 15 is 0 Å². The van der Waals surface area contributed by atoms with Crippen LogP contribution in [0.3, 0.4) is 0 Å². The van der Waals surface area contributed by atoms with Gasteiger partial charge in [0, 0.05) is 15.9 Å². The Morgan fingerprint density at radius 3 is 2.75 bits per heavy atom. The lowest BCUT2D eigenvalue weighted by atomic mass is 10.1. The average Bonchev–Trinajstić information content (AvgIpc) is 2.28. The van der Waals surface area contributed by atoms with E-state index in [2.05, 4.69) is 15.9 Å². The first kappa shape index (κ1) is 9.60. The molecule has 78 valence electrons. The molecule has 3 rings (SSSR count). The van der Waals surface area contributed by atoms with Crippen molar-refractivity contribution in [3.05, 3.63) is 57.4 Å². The van der Waals surface area contributed by atoms with Crippen LogP contribution in [0, 0.1) is 0 Å². The maximum absolute atomic E-state index is 11.1. The van der Waals surface area contributed by atoms with Gasteiger partial charge in [-0.1, -0.05) is 28.1 Å². The van der Waals surface area contributed by atoms with Gasteiger partial charge in [0.05, 0.1) is 0 Å². The Labute approximate surface area is 99.6 Å². The first-order valence-electron chi connectivity index (χ1n) is 4.86. The van der Waals surface area contributed by atoms with Crippen molar-refractivity contribution >= 4 is 37.7 Å². The molecule has 0 saturated carbocycles. The monoisotopic (exact) mass is 274 g/mol. The van der Waals surface area contributed by atoms with Crippen molar-refractivity contribution in [1.82, 2.24) is 0 Å². The molecule has 3 aromatic rings. The summed E-state index contributed by atoms with van der Waals surface area (Å²) in [5.74, 6) is 0. The number of fused-ring (bicyclic) bond motifs is 2. The number of hydrogen-bond donors (Lipinski definition) is 0. The van der Waals surface area contributed by atoms with Crippen molar-refractivity contribution in [2.75, 3.05) is 0 Å². The number of halogens is 1. The minimum Gasteiger partial charge on any atom is -0.423 e. The zero-order valence-electron chi connectivity index (χ0n) is 8.24. The molecular weight excluding hydrogens is 268 g/mol. The second kappa shape index (κ2) is 3.46. The maximum Gasteiger partial charge on any atom is 0.336 e.